The van der Waals surface area contributed by atoms with E-state index < -0.39 is 22.0 Å². The maximum absolute atomic E-state index is 11.1. The maximum Gasteiger partial charge on any atom is 0.258 e. The Morgan fingerprint density at radius 1 is 1.77 bits per heavy atom. The highest BCUT2D eigenvalue weighted by Crippen LogP contribution is 1.97. The molecule has 0 spiro atoms. The number of hydrogen-bond donors (Lipinski definition) is 2. The molecule has 1 aliphatic heterocycles. The van der Waals surface area contributed by atoms with Gasteiger partial charge in [-0.15, -0.1) is 0 Å². The van der Waals surface area contributed by atoms with Crippen LogP contribution in [0.15, 0.2) is 5.10 Å². The molecule has 0 fully saturated rings. The summed E-state index contributed by atoms with van der Waals surface area (Å²) >= 11 is 0. The normalized spacial score (nSPS) is 22.8. The second kappa shape index (κ2) is 3.84. The smallest absolute Gasteiger partial charge is 0.258 e. The van der Waals surface area contributed by atoms with Gasteiger partial charge in [-0.2, -0.15) is 5.10 Å². The first kappa shape index (κ1) is 10.1. The second-order valence-corrected chi connectivity index (χ2v) is 4.64. The van der Waals surface area contributed by atoms with Crippen LogP contribution in [-0.2, 0) is 14.8 Å². The lowest BCUT2D eigenvalue weighted by Crippen LogP contribution is -2.48. The molecule has 1 rings (SSSR count). The zero-order valence-corrected chi connectivity index (χ0v) is 7.97. The first-order valence-electron chi connectivity index (χ1n) is 3.86. The van der Waals surface area contributed by atoms with E-state index >= 15 is 0 Å². The van der Waals surface area contributed by atoms with Gasteiger partial charge >= 0.3 is 0 Å². The Kier molecular flexibility index (Phi) is 2.99. The summed E-state index contributed by atoms with van der Waals surface area (Å²) in [6, 6.07) is -0.720. The van der Waals surface area contributed by atoms with E-state index in [0.29, 0.717) is 6.42 Å². The second-order valence-electron chi connectivity index (χ2n) is 2.60. The van der Waals surface area contributed by atoms with Crippen LogP contribution in [0.5, 0.6) is 0 Å². The van der Waals surface area contributed by atoms with E-state index in [4.69, 9.17) is 0 Å². The SMILES string of the molecule is CCS(=O)(=O)NC1CC=NNC1=O. The number of sulfonamides is 1. The minimum atomic E-state index is -3.32. The van der Waals surface area contributed by atoms with Crippen LogP contribution in [0, 0.1) is 0 Å². The summed E-state index contributed by atoms with van der Waals surface area (Å²) in [5.74, 6) is -0.451. The van der Waals surface area contributed by atoms with Gasteiger partial charge in [0.1, 0.15) is 6.04 Å². The Bertz CT molecular complexity index is 322. The van der Waals surface area contributed by atoms with E-state index in [1.54, 1.807) is 0 Å². The van der Waals surface area contributed by atoms with Gasteiger partial charge in [0, 0.05) is 12.6 Å². The number of amides is 1. The summed E-state index contributed by atoms with van der Waals surface area (Å²) in [5.41, 5.74) is 2.18. The highest BCUT2D eigenvalue weighted by Gasteiger charge is 2.24. The van der Waals surface area contributed by atoms with Crippen molar-refractivity contribution < 1.29 is 13.2 Å². The zero-order chi connectivity index (χ0) is 9.90. The number of carbonyl (C=O) groups is 1. The molecule has 0 aromatic heterocycles. The summed E-state index contributed by atoms with van der Waals surface area (Å²) in [6.07, 6.45) is 1.76. The van der Waals surface area contributed by atoms with Gasteiger partial charge in [0.15, 0.2) is 0 Å². The molecule has 0 saturated carbocycles. The van der Waals surface area contributed by atoms with Gasteiger partial charge in [-0.05, 0) is 6.92 Å². The van der Waals surface area contributed by atoms with Crippen LogP contribution >= 0.6 is 0 Å². The lowest BCUT2D eigenvalue weighted by atomic mass is 10.2. The third kappa shape index (κ3) is 2.78. The summed E-state index contributed by atoms with van der Waals surface area (Å²) in [6.45, 7) is 1.51. The Morgan fingerprint density at radius 3 is 3.00 bits per heavy atom. The van der Waals surface area contributed by atoms with Crippen LogP contribution in [0.25, 0.3) is 0 Å². The maximum atomic E-state index is 11.1. The first-order chi connectivity index (χ1) is 6.05. The molecule has 0 bridgehead atoms. The quantitative estimate of drug-likeness (QED) is 0.606. The largest absolute Gasteiger partial charge is 0.271 e. The molecule has 74 valence electrons. The van der Waals surface area contributed by atoms with Crippen LogP contribution in [0.3, 0.4) is 0 Å². The predicted octanol–water partition coefficient (Wildman–Crippen LogP) is -1.20. The molecule has 13 heavy (non-hydrogen) atoms. The number of hydrazone groups is 1. The third-order valence-corrected chi connectivity index (χ3v) is 3.03. The third-order valence-electron chi connectivity index (χ3n) is 1.63. The molecule has 0 aliphatic carbocycles. The molecule has 0 saturated heterocycles. The molecule has 0 aromatic carbocycles. The van der Waals surface area contributed by atoms with E-state index in [9.17, 15) is 13.2 Å². The summed E-state index contributed by atoms with van der Waals surface area (Å²) in [5, 5.41) is 3.50. The van der Waals surface area contributed by atoms with Crippen LogP contribution in [-0.4, -0.2) is 32.3 Å². The van der Waals surface area contributed by atoms with Crippen molar-refractivity contribution in [1.82, 2.24) is 10.1 Å². The Morgan fingerprint density at radius 2 is 2.46 bits per heavy atom. The lowest BCUT2D eigenvalue weighted by molar-refractivity contribution is -0.122. The fourth-order valence-corrected chi connectivity index (χ4v) is 1.66. The van der Waals surface area contributed by atoms with Gasteiger partial charge in [-0.3, -0.25) is 4.79 Å². The molecule has 0 aromatic rings. The predicted molar refractivity (Wildman–Crippen MR) is 47.6 cm³/mol. The van der Waals surface area contributed by atoms with Gasteiger partial charge in [0.2, 0.25) is 10.0 Å². The van der Waals surface area contributed by atoms with Crippen LogP contribution < -0.4 is 10.1 Å². The van der Waals surface area contributed by atoms with Gasteiger partial charge in [-0.25, -0.2) is 18.6 Å². The van der Waals surface area contributed by atoms with E-state index in [1.165, 1.54) is 13.1 Å². The lowest BCUT2D eigenvalue weighted by Gasteiger charge is -2.17. The Balaban J connectivity index is 2.64. The van der Waals surface area contributed by atoms with Crippen molar-refractivity contribution in [2.75, 3.05) is 5.75 Å². The van der Waals surface area contributed by atoms with Crippen LogP contribution in [0.1, 0.15) is 13.3 Å². The Hall–Kier alpha value is -0.950. The number of nitrogens with zero attached hydrogens (tertiary/aromatic N) is 1. The average Bonchev–Trinajstić information content (AvgIpc) is 2.09. The van der Waals surface area contributed by atoms with E-state index in [0.717, 1.165) is 0 Å². The van der Waals surface area contributed by atoms with E-state index in [-0.39, 0.29) is 5.75 Å². The fourth-order valence-electron chi connectivity index (χ4n) is 0.854. The molecular weight excluding hydrogens is 194 g/mol. The molecular formula is C6H11N3O3S. The number of rotatable bonds is 3. The van der Waals surface area contributed by atoms with Crippen molar-refractivity contribution in [3.05, 3.63) is 0 Å². The van der Waals surface area contributed by atoms with Crippen molar-refractivity contribution in [3.63, 3.8) is 0 Å². The molecule has 0 radical (unpaired) electrons. The van der Waals surface area contributed by atoms with Crippen molar-refractivity contribution in [1.29, 1.82) is 0 Å². The molecule has 1 heterocycles. The van der Waals surface area contributed by atoms with Gasteiger partial charge in [0.25, 0.3) is 5.91 Å². The van der Waals surface area contributed by atoms with E-state index in [1.807, 2.05) is 0 Å². The number of carbonyl (C=O) groups excluding carboxylic acids is 1. The number of hydrogen-bond acceptors (Lipinski definition) is 4. The monoisotopic (exact) mass is 205 g/mol. The summed E-state index contributed by atoms with van der Waals surface area (Å²) in [7, 11) is -3.32. The van der Waals surface area contributed by atoms with Crippen molar-refractivity contribution >= 4 is 22.1 Å². The molecule has 7 heteroatoms. The fraction of sp³-hybridized carbons (Fsp3) is 0.667. The van der Waals surface area contributed by atoms with Crippen LogP contribution in [0.2, 0.25) is 0 Å². The highest BCUT2D eigenvalue weighted by atomic mass is 32.2. The summed E-state index contributed by atoms with van der Waals surface area (Å²) < 4.78 is 24.4. The minimum Gasteiger partial charge on any atom is -0.271 e. The van der Waals surface area contributed by atoms with Crippen molar-refractivity contribution in [3.8, 4) is 0 Å². The topological polar surface area (TPSA) is 87.6 Å². The highest BCUT2D eigenvalue weighted by molar-refractivity contribution is 7.89. The standard InChI is InChI=1S/C6H11N3O3S/c1-2-13(11,12)9-5-3-4-7-8-6(5)10/h4-5,9H,2-3H2,1H3,(H,8,10). The summed E-state index contributed by atoms with van der Waals surface area (Å²) in [4.78, 5) is 11.0. The van der Waals surface area contributed by atoms with Crippen molar-refractivity contribution in [2.45, 2.75) is 19.4 Å². The van der Waals surface area contributed by atoms with E-state index in [2.05, 4.69) is 15.2 Å². The molecule has 1 aliphatic rings. The molecule has 1 atom stereocenters. The number of nitrogens with one attached hydrogen (secondary N) is 2. The average molecular weight is 205 g/mol. The molecule has 2 N–H and O–H groups in total. The first-order valence-corrected chi connectivity index (χ1v) is 5.52. The van der Waals surface area contributed by atoms with Crippen LogP contribution in [0.4, 0.5) is 0 Å². The van der Waals surface area contributed by atoms with Gasteiger partial charge < -0.3 is 0 Å². The zero-order valence-electron chi connectivity index (χ0n) is 7.15. The molecule has 6 nitrogen and oxygen atoms in total. The molecule has 1 unspecified atom stereocenters. The van der Waals surface area contributed by atoms with Gasteiger partial charge in [0.05, 0.1) is 5.75 Å². The Labute approximate surface area is 76.4 Å². The minimum absolute atomic E-state index is 0.0338. The van der Waals surface area contributed by atoms with Gasteiger partial charge in [-0.1, -0.05) is 0 Å². The van der Waals surface area contributed by atoms with Crippen molar-refractivity contribution in [2.24, 2.45) is 5.10 Å². The molecule has 1 amide bonds.